The third-order valence-corrected chi connectivity index (χ3v) is 2.71. The number of aromatic nitrogens is 1. The van der Waals surface area contributed by atoms with Crippen LogP contribution in [0.1, 0.15) is 21.5 Å². The summed E-state index contributed by atoms with van der Waals surface area (Å²) in [5, 5.41) is 2.26. The smallest absolute Gasteiger partial charge is 0.306 e. The molecule has 3 nitrogen and oxygen atoms in total. The van der Waals surface area contributed by atoms with Crippen LogP contribution in [0.3, 0.4) is 0 Å². The Bertz CT molecular complexity index is 683. The lowest BCUT2D eigenvalue weighted by Crippen LogP contribution is -2.18. The van der Waals surface area contributed by atoms with Crippen molar-refractivity contribution < 1.29 is 22.4 Å². The minimum absolute atomic E-state index is 0.136. The third kappa shape index (κ3) is 3.36. The summed E-state index contributed by atoms with van der Waals surface area (Å²) in [5.41, 5.74) is -1.37. The van der Waals surface area contributed by atoms with Crippen molar-refractivity contribution in [1.82, 2.24) is 4.98 Å². The number of rotatable bonds is 2. The predicted octanol–water partition coefficient (Wildman–Crippen LogP) is 3.80. The highest BCUT2D eigenvalue weighted by Crippen LogP contribution is 2.32. The van der Waals surface area contributed by atoms with Gasteiger partial charge in [0.1, 0.15) is 11.6 Å². The number of carbonyl (C=O) groups is 1. The van der Waals surface area contributed by atoms with Gasteiger partial charge in [0.05, 0.1) is 11.1 Å². The SMILES string of the molecule is Cc1ccnc(NC(=O)c2cccc(C(F)(F)F)c2F)c1. The number of halogens is 4. The van der Waals surface area contributed by atoms with Crippen LogP contribution in [0.25, 0.3) is 0 Å². The summed E-state index contributed by atoms with van der Waals surface area (Å²) in [6, 6.07) is 5.74. The fourth-order valence-corrected chi connectivity index (χ4v) is 1.71. The summed E-state index contributed by atoms with van der Waals surface area (Å²) in [7, 11) is 0. The van der Waals surface area contributed by atoms with Crippen LogP contribution in [-0.4, -0.2) is 10.9 Å². The minimum atomic E-state index is -4.86. The van der Waals surface area contributed by atoms with E-state index in [1.165, 1.54) is 12.3 Å². The Kier molecular flexibility index (Phi) is 3.93. The number of hydrogen-bond acceptors (Lipinski definition) is 2. The second-order valence-electron chi connectivity index (χ2n) is 4.34. The van der Waals surface area contributed by atoms with Crippen molar-refractivity contribution in [3.63, 3.8) is 0 Å². The molecular weight excluding hydrogens is 288 g/mol. The maximum atomic E-state index is 13.8. The number of pyridine rings is 1. The van der Waals surface area contributed by atoms with Gasteiger partial charge in [-0.1, -0.05) is 6.07 Å². The van der Waals surface area contributed by atoms with E-state index < -0.39 is 29.0 Å². The Hall–Kier alpha value is -2.44. The molecule has 0 aliphatic rings. The van der Waals surface area contributed by atoms with Gasteiger partial charge in [-0.2, -0.15) is 13.2 Å². The van der Waals surface area contributed by atoms with Gasteiger partial charge in [-0.15, -0.1) is 0 Å². The number of alkyl halides is 3. The number of nitrogens with zero attached hydrogens (tertiary/aromatic N) is 1. The maximum Gasteiger partial charge on any atom is 0.419 e. The van der Waals surface area contributed by atoms with Crippen LogP contribution in [0.4, 0.5) is 23.4 Å². The van der Waals surface area contributed by atoms with Crippen molar-refractivity contribution in [2.45, 2.75) is 13.1 Å². The summed E-state index contributed by atoms with van der Waals surface area (Å²) in [6.07, 6.45) is -3.44. The second-order valence-corrected chi connectivity index (χ2v) is 4.34. The lowest BCUT2D eigenvalue weighted by atomic mass is 10.1. The number of nitrogens with one attached hydrogen (secondary N) is 1. The molecule has 0 saturated heterocycles. The standard InChI is InChI=1S/C14H10F4N2O/c1-8-5-6-19-11(7-8)20-13(21)9-3-2-4-10(12(9)15)14(16,17)18/h2-7H,1H3,(H,19,20,21). The molecule has 0 bridgehead atoms. The molecule has 0 aliphatic heterocycles. The molecule has 1 heterocycles. The highest BCUT2D eigenvalue weighted by atomic mass is 19.4. The molecule has 21 heavy (non-hydrogen) atoms. The first-order valence-electron chi connectivity index (χ1n) is 5.89. The largest absolute Gasteiger partial charge is 0.419 e. The molecule has 1 amide bonds. The van der Waals surface area contributed by atoms with E-state index in [1.807, 2.05) is 0 Å². The van der Waals surface area contributed by atoms with Gasteiger partial charge in [-0.25, -0.2) is 9.37 Å². The van der Waals surface area contributed by atoms with Gasteiger partial charge >= 0.3 is 6.18 Å². The van der Waals surface area contributed by atoms with Gasteiger partial charge in [0.2, 0.25) is 0 Å². The summed E-state index contributed by atoms with van der Waals surface area (Å²) in [5.74, 6) is -2.45. The molecule has 2 aromatic rings. The number of amides is 1. The zero-order valence-electron chi connectivity index (χ0n) is 10.8. The van der Waals surface area contributed by atoms with Crippen LogP contribution >= 0.6 is 0 Å². The highest BCUT2D eigenvalue weighted by molar-refractivity contribution is 6.04. The average Bonchev–Trinajstić information content (AvgIpc) is 2.37. The zero-order valence-corrected chi connectivity index (χ0v) is 10.8. The number of hydrogen-bond donors (Lipinski definition) is 1. The van der Waals surface area contributed by atoms with E-state index in [4.69, 9.17) is 0 Å². The van der Waals surface area contributed by atoms with Gasteiger partial charge in [-0.3, -0.25) is 4.79 Å². The molecule has 7 heteroatoms. The molecule has 1 N–H and O–H groups in total. The first-order chi connectivity index (χ1) is 9.79. The maximum absolute atomic E-state index is 13.8. The van der Waals surface area contributed by atoms with Crippen LogP contribution in [0.5, 0.6) is 0 Å². The van der Waals surface area contributed by atoms with E-state index in [9.17, 15) is 22.4 Å². The van der Waals surface area contributed by atoms with Crippen molar-refractivity contribution in [2.24, 2.45) is 0 Å². The Morgan fingerprint density at radius 3 is 2.57 bits per heavy atom. The molecule has 0 spiro atoms. The van der Waals surface area contributed by atoms with Crippen molar-refractivity contribution in [3.05, 3.63) is 59.0 Å². The summed E-state index contributed by atoms with van der Waals surface area (Å²) >= 11 is 0. The molecule has 0 aliphatic carbocycles. The fourth-order valence-electron chi connectivity index (χ4n) is 1.71. The van der Waals surface area contributed by atoms with Crippen molar-refractivity contribution >= 4 is 11.7 Å². The van der Waals surface area contributed by atoms with Crippen molar-refractivity contribution in [1.29, 1.82) is 0 Å². The van der Waals surface area contributed by atoms with E-state index in [-0.39, 0.29) is 5.82 Å². The van der Waals surface area contributed by atoms with E-state index in [2.05, 4.69) is 10.3 Å². The summed E-state index contributed by atoms with van der Waals surface area (Å²) in [4.78, 5) is 15.7. The molecule has 110 valence electrons. The number of carbonyl (C=O) groups excluding carboxylic acids is 1. The minimum Gasteiger partial charge on any atom is -0.306 e. The van der Waals surface area contributed by atoms with Gasteiger partial charge in [0.25, 0.3) is 5.91 Å². The van der Waals surface area contributed by atoms with Crippen LogP contribution in [0.2, 0.25) is 0 Å². The predicted molar refractivity (Wildman–Crippen MR) is 68.3 cm³/mol. The Labute approximate surface area is 117 Å². The quantitative estimate of drug-likeness (QED) is 0.857. The van der Waals surface area contributed by atoms with Crippen LogP contribution in [0, 0.1) is 12.7 Å². The summed E-state index contributed by atoms with van der Waals surface area (Å²) < 4.78 is 51.6. The number of benzene rings is 1. The fraction of sp³-hybridized carbons (Fsp3) is 0.143. The highest BCUT2D eigenvalue weighted by Gasteiger charge is 2.35. The van der Waals surface area contributed by atoms with Gasteiger partial charge in [0.15, 0.2) is 0 Å². The van der Waals surface area contributed by atoms with E-state index in [0.717, 1.165) is 17.7 Å². The molecule has 0 saturated carbocycles. The Morgan fingerprint density at radius 2 is 1.95 bits per heavy atom. The molecule has 1 aromatic heterocycles. The van der Waals surface area contributed by atoms with E-state index in [1.54, 1.807) is 13.0 Å². The average molecular weight is 298 g/mol. The topological polar surface area (TPSA) is 42.0 Å². The second kappa shape index (κ2) is 5.51. The molecule has 0 unspecified atom stereocenters. The molecule has 0 radical (unpaired) electrons. The molecule has 0 fully saturated rings. The molecule has 0 atom stereocenters. The summed E-state index contributed by atoms with van der Waals surface area (Å²) in [6.45, 7) is 1.75. The normalized spacial score (nSPS) is 11.3. The van der Waals surface area contributed by atoms with Crippen molar-refractivity contribution in [2.75, 3.05) is 5.32 Å². The van der Waals surface area contributed by atoms with Crippen LogP contribution in [0.15, 0.2) is 36.5 Å². The number of aryl methyl sites for hydroxylation is 1. The van der Waals surface area contributed by atoms with Crippen molar-refractivity contribution in [3.8, 4) is 0 Å². The van der Waals surface area contributed by atoms with Crippen LogP contribution < -0.4 is 5.32 Å². The monoisotopic (exact) mass is 298 g/mol. The van der Waals surface area contributed by atoms with Gasteiger partial charge in [-0.05, 0) is 36.8 Å². The first kappa shape index (κ1) is 15.0. The van der Waals surface area contributed by atoms with E-state index in [0.29, 0.717) is 6.07 Å². The van der Waals surface area contributed by atoms with Gasteiger partial charge < -0.3 is 5.32 Å². The number of anilines is 1. The Balaban J connectivity index is 2.32. The lowest BCUT2D eigenvalue weighted by molar-refractivity contribution is -0.140. The molecule has 2 rings (SSSR count). The van der Waals surface area contributed by atoms with E-state index >= 15 is 0 Å². The van der Waals surface area contributed by atoms with Gasteiger partial charge in [0, 0.05) is 6.20 Å². The van der Waals surface area contributed by atoms with Crippen LogP contribution in [-0.2, 0) is 6.18 Å². The first-order valence-corrected chi connectivity index (χ1v) is 5.89. The third-order valence-electron chi connectivity index (χ3n) is 2.71. The molecular formula is C14H10F4N2O. The Morgan fingerprint density at radius 1 is 1.24 bits per heavy atom. The zero-order chi connectivity index (χ0) is 15.6. The molecule has 1 aromatic carbocycles. The lowest BCUT2D eigenvalue weighted by Gasteiger charge is -2.11.